The van der Waals surface area contributed by atoms with E-state index in [9.17, 15) is 0 Å². The predicted molar refractivity (Wildman–Crippen MR) is 83.7 cm³/mol. The molecule has 1 atom stereocenters. The largest absolute Gasteiger partial charge is 0.380 e. The first-order chi connectivity index (χ1) is 9.70. The molecule has 1 saturated heterocycles. The molecule has 1 N–H and O–H groups in total. The van der Waals surface area contributed by atoms with Gasteiger partial charge in [0.05, 0.1) is 6.61 Å². The molecule has 3 heteroatoms. The second-order valence-corrected chi connectivity index (χ2v) is 6.08. The summed E-state index contributed by atoms with van der Waals surface area (Å²) in [6.45, 7) is 9.83. The molecular formula is C17H28N2O. The van der Waals surface area contributed by atoms with Gasteiger partial charge in [-0.3, -0.25) is 0 Å². The molecule has 0 radical (unpaired) electrons. The Hall–Kier alpha value is -0.900. The lowest BCUT2D eigenvalue weighted by molar-refractivity contribution is 0.184. The molecule has 1 aliphatic heterocycles. The molecule has 0 bridgehead atoms. The summed E-state index contributed by atoms with van der Waals surface area (Å²) in [5, 5.41) is 3.62. The molecule has 1 heterocycles. The normalized spacial score (nSPS) is 19.9. The highest BCUT2D eigenvalue weighted by atomic mass is 16.5. The van der Waals surface area contributed by atoms with Crippen LogP contribution in [0, 0.1) is 5.92 Å². The monoisotopic (exact) mass is 276 g/mol. The van der Waals surface area contributed by atoms with E-state index in [0.717, 1.165) is 19.0 Å². The van der Waals surface area contributed by atoms with Crippen LogP contribution in [-0.4, -0.2) is 37.7 Å². The first-order valence-electron chi connectivity index (χ1n) is 7.71. The van der Waals surface area contributed by atoms with Crippen molar-refractivity contribution in [2.24, 2.45) is 5.92 Å². The van der Waals surface area contributed by atoms with Crippen molar-refractivity contribution in [2.75, 3.05) is 26.7 Å². The maximum absolute atomic E-state index is 5.25. The van der Waals surface area contributed by atoms with Gasteiger partial charge in [0.1, 0.15) is 0 Å². The number of methoxy groups -OCH3 is 1. The Bertz CT molecular complexity index is 406. The molecule has 112 valence electrons. The van der Waals surface area contributed by atoms with Crippen LogP contribution in [0.5, 0.6) is 0 Å². The van der Waals surface area contributed by atoms with Crippen LogP contribution in [0.4, 0.5) is 0 Å². The van der Waals surface area contributed by atoms with Crippen LogP contribution in [0.1, 0.15) is 31.4 Å². The smallest absolute Gasteiger partial charge is 0.0716 e. The molecule has 0 spiro atoms. The van der Waals surface area contributed by atoms with Gasteiger partial charge in [-0.1, -0.05) is 24.3 Å². The molecule has 1 aromatic rings. The molecular weight excluding hydrogens is 248 g/mol. The third-order valence-corrected chi connectivity index (χ3v) is 4.21. The number of hydrogen-bond acceptors (Lipinski definition) is 3. The first-order valence-corrected chi connectivity index (χ1v) is 7.71. The minimum Gasteiger partial charge on any atom is -0.380 e. The molecule has 2 rings (SSSR count). The number of rotatable bonds is 7. The van der Waals surface area contributed by atoms with Gasteiger partial charge in [0.25, 0.3) is 0 Å². The molecule has 0 amide bonds. The Kier molecular flexibility index (Phi) is 6.02. The average Bonchev–Trinajstić information content (AvgIpc) is 2.90. The van der Waals surface area contributed by atoms with Gasteiger partial charge in [-0.05, 0) is 50.4 Å². The second kappa shape index (κ2) is 7.77. The summed E-state index contributed by atoms with van der Waals surface area (Å²) < 4.78 is 5.25. The van der Waals surface area contributed by atoms with Crippen molar-refractivity contribution >= 4 is 0 Å². The number of nitrogens with one attached hydrogen (secondary N) is 1. The summed E-state index contributed by atoms with van der Waals surface area (Å²) in [7, 11) is 1.75. The van der Waals surface area contributed by atoms with Gasteiger partial charge in [0.15, 0.2) is 0 Å². The molecule has 0 aromatic heterocycles. The number of benzene rings is 1. The molecule has 3 nitrogen and oxygen atoms in total. The molecule has 1 fully saturated rings. The van der Waals surface area contributed by atoms with Crippen LogP contribution in [0.25, 0.3) is 0 Å². The Morgan fingerprint density at radius 1 is 1.30 bits per heavy atom. The van der Waals surface area contributed by atoms with Crippen LogP contribution in [0.2, 0.25) is 0 Å². The van der Waals surface area contributed by atoms with Crippen molar-refractivity contribution in [1.29, 1.82) is 0 Å². The molecule has 1 aromatic carbocycles. The van der Waals surface area contributed by atoms with Gasteiger partial charge in [-0.15, -0.1) is 0 Å². The zero-order valence-electron chi connectivity index (χ0n) is 13.1. The Labute approximate surface area is 123 Å². The van der Waals surface area contributed by atoms with E-state index >= 15 is 0 Å². The molecule has 1 aliphatic rings. The lowest BCUT2D eigenvalue weighted by Gasteiger charge is -2.20. The van der Waals surface area contributed by atoms with E-state index < -0.39 is 0 Å². The van der Waals surface area contributed by atoms with E-state index in [1.807, 2.05) is 0 Å². The molecule has 20 heavy (non-hydrogen) atoms. The maximum Gasteiger partial charge on any atom is 0.0716 e. The van der Waals surface area contributed by atoms with Crippen LogP contribution >= 0.6 is 0 Å². The average molecular weight is 276 g/mol. The standard InChI is InChI=1S/C17H28N2O/c1-14(2)19-9-8-15(12-19)10-18-11-16-6-4-5-7-17(16)13-20-3/h4-7,14-15,18H,8-13H2,1-3H3. The van der Waals surface area contributed by atoms with E-state index in [-0.39, 0.29) is 0 Å². The Morgan fingerprint density at radius 2 is 2.05 bits per heavy atom. The van der Waals surface area contributed by atoms with Gasteiger partial charge < -0.3 is 15.0 Å². The summed E-state index contributed by atoms with van der Waals surface area (Å²) in [6.07, 6.45) is 1.32. The van der Waals surface area contributed by atoms with E-state index in [1.165, 1.54) is 30.6 Å². The van der Waals surface area contributed by atoms with Crippen molar-refractivity contribution in [3.8, 4) is 0 Å². The van der Waals surface area contributed by atoms with Gasteiger partial charge in [0.2, 0.25) is 0 Å². The van der Waals surface area contributed by atoms with Crippen LogP contribution in [0.15, 0.2) is 24.3 Å². The highest BCUT2D eigenvalue weighted by Gasteiger charge is 2.23. The second-order valence-electron chi connectivity index (χ2n) is 6.08. The Balaban J connectivity index is 1.76. The van der Waals surface area contributed by atoms with Gasteiger partial charge in [-0.25, -0.2) is 0 Å². The molecule has 1 unspecified atom stereocenters. The fourth-order valence-electron chi connectivity index (χ4n) is 2.94. The fourth-order valence-corrected chi connectivity index (χ4v) is 2.94. The predicted octanol–water partition coefficient (Wildman–Crippen LogP) is 2.65. The number of hydrogen-bond donors (Lipinski definition) is 1. The lowest BCUT2D eigenvalue weighted by atomic mass is 10.1. The van der Waals surface area contributed by atoms with E-state index in [4.69, 9.17) is 4.74 Å². The lowest BCUT2D eigenvalue weighted by Crippen LogP contribution is -2.30. The maximum atomic E-state index is 5.25. The minimum absolute atomic E-state index is 0.683. The van der Waals surface area contributed by atoms with E-state index in [2.05, 4.69) is 48.3 Å². The first kappa shape index (κ1) is 15.5. The summed E-state index contributed by atoms with van der Waals surface area (Å²) in [4.78, 5) is 2.57. The number of nitrogens with zero attached hydrogens (tertiary/aromatic N) is 1. The van der Waals surface area contributed by atoms with Crippen LogP contribution < -0.4 is 5.32 Å². The van der Waals surface area contributed by atoms with Crippen molar-refractivity contribution in [3.05, 3.63) is 35.4 Å². The van der Waals surface area contributed by atoms with Gasteiger partial charge in [0, 0.05) is 26.2 Å². The van der Waals surface area contributed by atoms with E-state index in [0.29, 0.717) is 12.6 Å². The van der Waals surface area contributed by atoms with Crippen molar-refractivity contribution in [2.45, 2.75) is 39.5 Å². The van der Waals surface area contributed by atoms with E-state index in [1.54, 1.807) is 7.11 Å². The van der Waals surface area contributed by atoms with Gasteiger partial charge >= 0.3 is 0 Å². The summed E-state index contributed by atoms with van der Waals surface area (Å²) in [5.74, 6) is 0.798. The fraction of sp³-hybridized carbons (Fsp3) is 0.647. The number of ether oxygens (including phenoxy) is 1. The summed E-state index contributed by atoms with van der Waals surface area (Å²) in [5.41, 5.74) is 2.64. The number of likely N-dealkylation sites (tertiary alicyclic amines) is 1. The van der Waals surface area contributed by atoms with Crippen molar-refractivity contribution in [3.63, 3.8) is 0 Å². The quantitative estimate of drug-likeness (QED) is 0.828. The molecule has 0 aliphatic carbocycles. The summed E-state index contributed by atoms with van der Waals surface area (Å²) in [6, 6.07) is 9.21. The third kappa shape index (κ3) is 4.30. The zero-order valence-corrected chi connectivity index (χ0v) is 13.1. The van der Waals surface area contributed by atoms with Gasteiger partial charge in [-0.2, -0.15) is 0 Å². The molecule has 0 saturated carbocycles. The summed E-state index contributed by atoms with van der Waals surface area (Å²) >= 11 is 0. The SMILES string of the molecule is COCc1ccccc1CNCC1CCN(C(C)C)C1. The minimum atomic E-state index is 0.683. The Morgan fingerprint density at radius 3 is 2.70 bits per heavy atom. The highest BCUT2D eigenvalue weighted by Crippen LogP contribution is 2.18. The highest BCUT2D eigenvalue weighted by molar-refractivity contribution is 5.26. The third-order valence-electron chi connectivity index (χ3n) is 4.21. The van der Waals surface area contributed by atoms with Crippen LogP contribution in [0.3, 0.4) is 0 Å². The van der Waals surface area contributed by atoms with Crippen LogP contribution in [-0.2, 0) is 17.9 Å². The zero-order chi connectivity index (χ0) is 14.4. The van der Waals surface area contributed by atoms with Crippen molar-refractivity contribution in [1.82, 2.24) is 10.2 Å². The van der Waals surface area contributed by atoms with Crippen molar-refractivity contribution < 1.29 is 4.74 Å². The topological polar surface area (TPSA) is 24.5 Å².